The molecule has 4 nitrogen and oxygen atoms in total. The second kappa shape index (κ2) is 7.57. The highest BCUT2D eigenvalue weighted by Gasteiger charge is 2.36. The molecule has 0 spiro atoms. The number of hydrogen-bond donors (Lipinski definition) is 2. The SMILES string of the molecule is CC(C)(C(=O)NCc1ccccc1F)C(=O)Nc1cccc(Br)c1. The summed E-state index contributed by atoms with van der Waals surface area (Å²) in [7, 11) is 0. The molecule has 0 aliphatic rings. The van der Waals surface area contributed by atoms with Gasteiger partial charge in [-0.2, -0.15) is 0 Å². The summed E-state index contributed by atoms with van der Waals surface area (Å²) in [6, 6.07) is 13.3. The zero-order valence-corrected chi connectivity index (χ0v) is 15.0. The van der Waals surface area contributed by atoms with Gasteiger partial charge in [-0.25, -0.2) is 4.39 Å². The molecule has 0 bridgehead atoms. The van der Waals surface area contributed by atoms with Gasteiger partial charge in [0.15, 0.2) is 0 Å². The van der Waals surface area contributed by atoms with Crippen molar-refractivity contribution in [2.45, 2.75) is 20.4 Å². The van der Waals surface area contributed by atoms with Gasteiger partial charge in [-0.15, -0.1) is 0 Å². The summed E-state index contributed by atoms with van der Waals surface area (Å²) in [5.41, 5.74) is -0.341. The van der Waals surface area contributed by atoms with Crippen molar-refractivity contribution >= 4 is 33.4 Å². The summed E-state index contributed by atoms with van der Waals surface area (Å²) in [4.78, 5) is 24.7. The van der Waals surface area contributed by atoms with Crippen LogP contribution >= 0.6 is 15.9 Å². The highest BCUT2D eigenvalue weighted by atomic mass is 79.9. The molecule has 126 valence electrons. The molecule has 2 aromatic carbocycles. The van der Waals surface area contributed by atoms with Crippen LogP contribution in [0.4, 0.5) is 10.1 Å². The van der Waals surface area contributed by atoms with Crippen LogP contribution in [0.1, 0.15) is 19.4 Å². The Balaban J connectivity index is 2.01. The van der Waals surface area contributed by atoms with Crippen LogP contribution in [0.3, 0.4) is 0 Å². The Morgan fingerprint density at radius 3 is 2.46 bits per heavy atom. The first-order valence-electron chi connectivity index (χ1n) is 7.39. The normalized spacial score (nSPS) is 11.0. The van der Waals surface area contributed by atoms with Crippen molar-refractivity contribution in [3.8, 4) is 0 Å². The number of halogens is 2. The third-order valence-corrected chi connectivity index (χ3v) is 4.11. The zero-order chi connectivity index (χ0) is 17.7. The maximum Gasteiger partial charge on any atom is 0.239 e. The number of rotatable bonds is 5. The van der Waals surface area contributed by atoms with Gasteiger partial charge in [0.1, 0.15) is 11.2 Å². The fourth-order valence-corrected chi connectivity index (χ4v) is 2.39. The van der Waals surface area contributed by atoms with Crippen LogP contribution in [-0.4, -0.2) is 11.8 Å². The summed E-state index contributed by atoms with van der Waals surface area (Å²) in [5.74, 6) is -1.31. The third-order valence-electron chi connectivity index (χ3n) is 3.62. The van der Waals surface area contributed by atoms with Crippen LogP contribution in [-0.2, 0) is 16.1 Å². The molecule has 0 aromatic heterocycles. The van der Waals surface area contributed by atoms with Gasteiger partial charge in [0.2, 0.25) is 11.8 Å². The van der Waals surface area contributed by atoms with E-state index in [1.54, 1.807) is 36.4 Å². The Morgan fingerprint density at radius 2 is 1.79 bits per heavy atom. The second-order valence-electron chi connectivity index (χ2n) is 5.86. The molecule has 0 unspecified atom stereocenters. The lowest BCUT2D eigenvalue weighted by atomic mass is 9.90. The lowest BCUT2D eigenvalue weighted by Gasteiger charge is -2.23. The summed E-state index contributed by atoms with van der Waals surface area (Å²) in [6.07, 6.45) is 0. The van der Waals surface area contributed by atoms with E-state index < -0.39 is 23.0 Å². The third kappa shape index (κ3) is 4.41. The summed E-state index contributed by atoms with van der Waals surface area (Å²) in [6.45, 7) is 3.08. The molecule has 0 saturated carbocycles. The van der Waals surface area contributed by atoms with Gasteiger partial charge in [0, 0.05) is 22.3 Å². The molecule has 2 amide bonds. The first-order valence-corrected chi connectivity index (χ1v) is 8.19. The van der Waals surface area contributed by atoms with Crippen LogP contribution in [0.2, 0.25) is 0 Å². The van der Waals surface area contributed by atoms with Gasteiger partial charge in [-0.05, 0) is 38.1 Å². The van der Waals surface area contributed by atoms with Crippen LogP contribution in [0, 0.1) is 11.2 Å². The van der Waals surface area contributed by atoms with Gasteiger partial charge in [0.25, 0.3) is 0 Å². The predicted molar refractivity (Wildman–Crippen MR) is 94.8 cm³/mol. The minimum atomic E-state index is -1.30. The van der Waals surface area contributed by atoms with Crippen LogP contribution < -0.4 is 10.6 Å². The lowest BCUT2D eigenvalue weighted by molar-refractivity contribution is -0.138. The number of amides is 2. The average molecular weight is 393 g/mol. The number of carbonyl (C=O) groups is 2. The smallest absolute Gasteiger partial charge is 0.239 e. The number of carbonyl (C=O) groups excluding carboxylic acids is 2. The molecule has 2 N–H and O–H groups in total. The second-order valence-corrected chi connectivity index (χ2v) is 6.78. The molecule has 2 aromatic rings. The number of nitrogens with one attached hydrogen (secondary N) is 2. The summed E-state index contributed by atoms with van der Waals surface area (Å²) < 4.78 is 14.4. The van der Waals surface area contributed by atoms with E-state index >= 15 is 0 Å². The van der Waals surface area contributed by atoms with Crippen molar-refractivity contribution in [2.24, 2.45) is 5.41 Å². The van der Waals surface area contributed by atoms with E-state index in [1.807, 2.05) is 6.07 Å². The van der Waals surface area contributed by atoms with Crippen molar-refractivity contribution in [3.63, 3.8) is 0 Å². The first kappa shape index (κ1) is 18.1. The van der Waals surface area contributed by atoms with Crippen molar-refractivity contribution in [1.82, 2.24) is 5.32 Å². The Kier molecular flexibility index (Phi) is 5.72. The fraction of sp³-hybridized carbons (Fsp3) is 0.222. The van der Waals surface area contributed by atoms with Gasteiger partial charge in [-0.3, -0.25) is 9.59 Å². The molecule has 0 fully saturated rings. The molecule has 24 heavy (non-hydrogen) atoms. The number of benzene rings is 2. The van der Waals surface area contributed by atoms with Crippen LogP contribution in [0.25, 0.3) is 0 Å². The van der Waals surface area contributed by atoms with Gasteiger partial charge < -0.3 is 10.6 Å². The average Bonchev–Trinajstić information content (AvgIpc) is 2.53. The van der Waals surface area contributed by atoms with Gasteiger partial charge in [0.05, 0.1) is 0 Å². The Labute approximate surface area is 148 Å². The van der Waals surface area contributed by atoms with Gasteiger partial charge >= 0.3 is 0 Å². The minimum absolute atomic E-state index is 0.0269. The molecule has 2 rings (SSSR count). The van der Waals surface area contributed by atoms with E-state index in [9.17, 15) is 14.0 Å². The largest absolute Gasteiger partial charge is 0.351 e. The molecule has 0 atom stereocenters. The highest BCUT2D eigenvalue weighted by Crippen LogP contribution is 2.21. The molecule has 0 radical (unpaired) electrons. The molecule has 0 heterocycles. The first-order chi connectivity index (χ1) is 11.3. The van der Waals surface area contributed by atoms with E-state index in [0.29, 0.717) is 11.3 Å². The van der Waals surface area contributed by atoms with Crippen molar-refractivity contribution in [3.05, 3.63) is 64.4 Å². The van der Waals surface area contributed by atoms with E-state index in [4.69, 9.17) is 0 Å². The predicted octanol–water partition coefficient (Wildman–Crippen LogP) is 3.87. The Hall–Kier alpha value is -2.21. The maximum atomic E-state index is 13.6. The fourth-order valence-electron chi connectivity index (χ4n) is 1.99. The molecule has 6 heteroatoms. The Bertz CT molecular complexity index is 762. The van der Waals surface area contributed by atoms with Crippen LogP contribution in [0.15, 0.2) is 53.0 Å². The standard InChI is InChI=1S/C18H18BrFN2O2/c1-18(2,17(24)22-14-8-5-7-13(19)10-14)16(23)21-11-12-6-3-4-9-15(12)20/h3-10H,11H2,1-2H3,(H,21,23)(H,22,24). The molecular weight excluding hydrogens is 375 g/mol. The van der Waals surface area contributed by atoms with Crippen molar-refractivity contribution in [2.75, 3.05) is 5.32 Å². The summed E-state index contributed by atoms with van der Waals surface area (Å²) >= 11 is 3.32. The molecular formula is C18H18BrFN2O2. The molecule has 0 aliphatic carbocycles. The monoisotopic (exact) mass is 392 g/mol. The Morgan fingerprint density at radius 1 is 1.08 bits per heavy atom. The number of anilines is 1. The van der Waals surface area contributed by atoms with Crippen molar-refractivity contribution < 1.29 is 14.0 Å². The van der Waals surface area contributed by atoms with E-state index in [-0.39, 0.29) is 6.54 Å². The van der Waals surface area contributed by atoms with E-state index in [2.05, 4.69) is 26.6 Å². The lowest BCUT2D eigenvalue weighted by Crippen LogP contribution is -2.45. The maximum absolute atomic E-state index is 13.6. The number of hydrogen-bond acceptors (Lipinski definition) is 2. The zero-order valence-electron chi connectivity index (χ0n) is 13.4. The topological polar surface area (TPSA) is 58.2 Å². The quantitative estimate of drug-likeness (QED) is 0.758. The molecule has 0 aliphatic heterocycles. The minimum Gasteiger partial charge on any atom is -0.351 e. The van der Waals surface area contributed by atoms with Gasteiger partial charge in [-0.1, -0.05) is 40.2 Å². The van der Waals surface area contributed by atoms with E-state index in [0.717, 1.165) is 4.47 Å². The van der Waals surface area contributed by atoms with Crippen molar-refractivity contribution in [1.29, 1.82) is 0 Å². The summed E-state index contributed by atoms with van der Waals surface area (Å²) in [5, 5.41) is 5.32. The molecule has 0 saturated heterocycles. The van der Waals surface area contributed by atoms with E-state index in [1.165, 1.54) is 19.9 Å². The highest BCUT2D eigenvalue weighted by molar-refractivity contribution is 9.10. The van der Waals surface area contributed by atoms with Crippen LogP contribution in [0.5, 0.6) is 0 Å².